The van der Waals surface area contributed by atoms with E-state index in [1.807, 2.05) is 0 Å². The van der Waals surface area contributed by atoms with Crippen LogP contribution in [0.5, 0.6) is 0 Å². The molecule has 7 heteroatoms. The van der Waals surface area contributed by atoms with Crippen LogP contribution in [0.3, 0.4) is 0 Å². The third-order valence-electron chi connectivity index (χ3n) is 2.56. The standard InChI is InChI=1S/C11H7ClN4O2/c12-5-8-14-10(17)9-13-7-4-2-1-3-6(7)11(18)16(9)15-8/h1-4H,5H2,(H,14,15,17). The molecule has 0 aliphatic rings. The highest BCUT2D eigenvalue weighted by atomic mass is 35.5. The first-order valence-electron chi connectivity index (χ1n) is 5.17. The maximum Gasteiger partial charge on any atom is 0.294 e. The van der Waals surface area contributed by atoms with Crippen molar-refractivity contribution in [2.75, 3.05) is 0 Å². The van der Waals surface area contributed by atoms with Crippen LogP contribution in [-0.4, -0.2) is 19.6 Å². The molecule has 0 spiro atoms. The van der Waals surface area contributed by atoms with Crippen molar-refractivity contribution in [1.29, 1.82) is 0 Å². The normalized spacial score (nSPS) is 11.2. The molecule has 3 rings (SSSR count). The fourth-order valence-corrected chi connectivity index (χ4v) is 1.88. The van der Waals surface area contributed by atoms with Gasteiger partial charge < -0.3 is 4.98 Å². The van der Waals surface area contributed by atoms with Crippen LogP contribution >= 0.6 is 11.6 Å². The second-order valence-electron chi connectivity index (χ2n) is 3.70. The van der Waals surface area contributed by atoms with E-state index in [4.69, 9.17) is 11.6 Å². The van der Waals surface area contributed by atoms with Gasteiger partial charge in [0.2, 0.25) is 5.65 Å². The monoisotopic (exact) mass is 262 g/mol. The van der Waals surface area contributed by atoms with Crippen molar-refractivity contribution in [2.45, 2.75) is 5.88 Å². The highest BCUT2D eigenvalue weighted by Gasteiger charge is 2.09. The lowest BCUT2D eigenvalue weighted by Crippen LogP contribution is -2.26. The summed E-state index contributed by atoms with van der Waals surface area (Å²) in [5, 5.41) is 4.37. The molecule has 0 fully saturated rings. The molecule has 2 aromatic heterocycles. The summed E-state index contributed by atoms with van der Waals surface area (Å²) in [5.41, 5.74) is -0.433. The number of benzene rings is 1. The molecule has 1 N–H and O–H groups in total. The second kappa shape index (κ2) is 3.92. The van der Waals surface area contributed by atoms with Crippen LogP contribution < -0.4 is 11.1 Å². The first kappa shape index (κ1) is 10.9. The lowest BCUT2D eigenvalue weighted by Gasteiger charge is -2.02. The van der Waals surface area contributed by atoms with Gasteiger partial charge in [-0.15, -0.1) is 16.7 Å². The number of aromatic nitrogens is 4. The number of nitrogens with zero attached hydrogens (tertiary/aromatic N) is 3. The van der Waals surface area contributed by atoms with Crippen LogP contribution in [0.15, 0.2) is 33.9 Å². The van der Waals surface area contributed by atoms with E-state index < -0.39 is 5.56 Å². The van der Waals surface area contributed by atoms with Gasteiger partial charge in [0.25, 0.3) is 11.1 Å². The van der Waals surface area contributed by atoms with Gasteiger partial charge in [0.1, 0.15) is 5.82 Å². The number of H-pyrrole nitrogens is 1. The van der Waals surface area contributed by atoms with Gasteiger partial charge in [0, 0.05) is 0 Å². The molecule has 0 amide bonds. The summed E-state index contributed by atoms with van der Waals surface area (Å²) < 4.78 is 0.985. The molecule has 1 aromatic carbocycles. The molecule has 0 aliphatic heterocycles. The number of hydrogen-bond donors (Lipinski definition) is 1. The minimum Gasteiger partial charge on any atom is -0.305 e. The number of halogens is 1. The zero-order chi connectivity index (χ0) is 12.7. The molecule has 90 valence electrons. The van der Waals surface area contributed by atoms with E-state index in [0.29, 0.717) is 10.9 Å². The van der Waals surface area contributed by atoms with Gasteiger partial charge in [-0.25, -0.2) is 4.98 Å². The fourth-order valence-electron chi connectivity index (χ4n) is 1.76. The fraction of sp³-hybridized carbons (Fsp3) is 0.0909. The number of aromatic amines is 1. The van der Waals surface area contributed by atoms with Crippen LogP contribution in [0.4, 0.5) is 0 Å². The molecule has 0 aliphatic carbocycles. The van der Waals surface area contributed by atoms with Crippen LogP contribution in [0.2, 0.25) is 0 Å². The maximum absolute atomic E-state index is 12.2. The predicted octanol–water partition coefficient (Wildman–Crippen LogP) is 0.670. The van der Waals surface area contributed by atoms with Crippen LogP contribution in [0, 0.1) is 0 Å². The van der Waals surface area contributed by atoms with Gasteiger partial charge in [0.15, 0.2) is 0 Å². The van der Waals surface area contributed by atoms with E-state index in [1.54, 1.807) is 24.3 Å². The van der Waals surface area contributed by atoms with Crippen LogP contribution in [0.25, 0.3) is 16.6 Å². The van der Waals surface area contributed by atoms with Gasteiger partial charge in [-0.05, 0) is 12.1 Å². The van der Waals surface area contributed by atoms with Crippen molar-refractivity contribution >= 4 is 28.2 Å². The summed E-state index contributed by atoms with van der Waals surface area (Å²) in [7, 11) is 0. The Hall–Kier alpha value is -2.21. The van der Waals surface area contributed by atoms with Crippen molar-refractivity contribution < 1.29 is 0 Å². The van der Waals surface area contributed by atoms with Gasteiger partial charge in [-0.3, -0.25) is 9.59 Å². The van der Waals surface area contributed by atoms with Crippen molar-refractivity contribution in [3.63, 3.8) is 0 Å². The van der Waals surface area contributed by atoms with Gasteiger partial charge >= 0.3 is 0 Å². The van der Waals surface area contributed by atoms with E-state index in [1.165, 1.54) is 0 Å². The number of para-hydroxylation sites is 1. The Morgan fingerprint density at radius 3 is 2.83 bits per heavy atom. The molecule has 0 saturated carbocycles. The number of rotatable bonds is 1. The van der Waals surface area contributed by atoms with Crippen LogP contribution in [0.1, 0.15) is 5.82 Å². The molecule has 0 unspecified atom stereocenters. The lowest BCUT2D eigenvalue weighted by molar-refractivity contribution is 0.794. The maximum atomic E-state index is 12.2. The SMILES string of the molecule is O=c1[nH]c(CCl)nn2c(=O)c3ccccc3nc12. The Balaban J connectivity index is 2.60. The van der Waals surface area contributed by atoms with Crippen molar-refractivity contribution in [3.05, 3.63) is 50.8 Å². The third kappa shape index (κ3) is 1.50. The average molecular weight is 263 g/mol. The van der Waals surface area contributed by atoms with E-state index in [-0.39, 0.29) is 22.9 Å². The molecule has 3 aromatic rings. The Morgan fingerprint density at radius 1 is 1.28 bits per heavy atom. The molecular formula is C11H7ClN4O2. The summed E-state index contributed by atoms with van der Waals surface area (Å²) in [4.78, 5) is 30.5. The molecule has 2 heterocycles. The quantitative estimate of drug-likeness (QED) is 0.516. The van der Waals surface area contributed by atoms with E-state index in [9.17, 15) is 9.59 Å². The van der Waals surface area contributed by atoms with Crippen molar-refractivity contribution in [1.82, 2.24) is 19.6 Å². The largest absolute Gasteiger partial charge is 0.305 e. The molecule has 0 radical (unpaired) electrons. The molecule has 6 nitrogen and oxygen atoms in total. The number of hydrogen-bond acceptors (Lipinski definition) is 4. The number of alkyl halides is 1. The summed E-state index contributed by atoms with van der Waals surface area (Å²) in [6.07, 6.45) is 0. The van der Waals surface area contributed by atoms with E-state index in [0.717, 1.165) is 4.52 Å². The van der Waals surface area contributed by atoms with Gasteiger partial charge in [0.05, 0.1) is 16.8 Å². The second-order valence-corrected chi connectivity index (χ2v) is 3.97. The summed E-state index contributed by atoms with van der Waals surface area (Å²) in [6.45, 7) is 0. The molecule has 0 bridgehead atoms. The third-order valence-corrected chi connectivity index (χ3v) is 2.82. The highest BCUT2D eigenvalue weighted by Crippen LogP contribution is 2.06. The Labute approximate surface area is 105 Å². The summed E-state index contributed by atoms with van der Waals surface area (Å²) in [5.74, 6) is 0.248. The topological polar surface area (TPSA) is 80.1 Å². The smallest absolute Gasteiger partial charge is 0.294 e. The van der Waals surface area contributed by atoms with E-state index in [2.05, 4.69) is 15.1 Å². The number of nitrogens with one attached hydrogen (secondary N) is 1. The molecule has 0 atom stereocenters. The number of fused-ring (bicyclic) bond motifs is 2. The molecule has 0 saturated heterocycles. The Bertz CT molecular complexity index is 868. The zero-order valence-electron chi connectivity index (χ0n) is 9.05. The Kier molecular flexibility index (Phi) is 2.38. The lowest BCUT2D eigenvalue weighted by atomic mass is 10.2. The highest BCUT2D eigenvalue weighted by molar-refractivity contribution is 6.16. The summed E-state index contributed by atoms with van der Waals surface area (Å²) in [6, 6.07) is 6.79. The average Bonchev–Trinajstić information content (AvgIpc) is 2.40. The first-order chi connectivity index (χ1) is 8.70. The predicted molar refractivity (Wildman–Crippen MR) is 66.9 cm³/mol. The zero-order valence-corrected chi connectivity index (χ0v) is 9.81. The van der Waals surface area contributed by atoms with E-state index >= 15 is 0 Å². The van der Waals surface area contributed by atoms with Crippen molar-refractivity contribution in [3.8, 4) is 0 Å². The molecule has 18 heavy (non-hydrogen) atoms. The van der Waals surface area contributed by atoms with Crippen molar-refractivity contribution in [2.24, 2.45) is 0 Å². The van der Waals surface area contributed by atoms with Crippen LogP contribution in [-0.2, 0) is 5.88 Å². The summed E-state index contributed by atoms with van der Waals surface area (Å²) >= 11 is 5.60. The van der Waals surface area contributed by atoms with Gasteiger partial charge in [-0.1, -0.05) is 12.1 Å². The minimum absolute atomic E-state index is 0.0183. The minimum atomic E-state index is -0.483. The van der Waals surface area contributed by atoms with Gasteiger partial charge in [-0.2, -0.15) is 4.52 Å². The first-order valence-corrected chi connectivity index (χ1v) is 5.71. The molecular weight excluding hydrogens is 256 g/mol. The Morgan fingerprint density at radius 2 is 2.06 bits per heavy atom.